The molecule has 3 nitrogen and oxygen atoms in total. The highest BCUT2D eigenvalue weighted by Crippen LogP contribution is 2.15. The average molecular weight is 227 g/mol. The van der Waals surface area contributed by atoms with Crippen LogP contribution >= 0.6 is 0 Å². The highest BCUT2D eigenvalue weighted by molar-refractivity contribution is 5.88. The van der Waals surface area contributed by atoms with Crippen LogP contribution in [-0.2, 0) is 4.79 Å². The summed E-state index contributed by atoms with van der Waals surface area (Å²) in [6.07, 6.45) is 1.75. The molecule has 17 heavy (non-hydrogen) atoms. The molecule has 0 amide bonds. The fourth-order valence-electron chi connectivity index (χ4n) is 1.11. The van der Waals surface area contributed by atoms with E-state index in [2.05, 4.69) is 6.58 Å². The Balaban J connectivity index is 2.79. The summed E-state index contributed by atoms with van der Waals surface area (Å²) in [6.45, 7) is 6.82. The molecule has 0 fully saturated rings. The minimum Gasteiger partial charge on any atom is -0.423 e. The maximum atomic E-state index is 11.2. The van der Waals surface area contributed by atoms with Gasteiger partial charge >= 0.3 is 5.97 Å². The summed E-state index contributed by atoms with van der Waals surface area (Å²) >= 11 is 0. The van der Waals surface area contributed by atoms with Crippen LogP contribution in [0.2, 0.25) is 0 Å². The standard InChI is InChI=1S/C14H13NO2/c1-10(2)14(16)17-13-6-4-12(5-7-13)8-11(3)9-15/h4-8H,1H2,2-3H3/b11-8-. The number of esters is 1. The lowest BCUT2D eigenvalue weighted by Gasteiger charge is -2.03. The number of benzene rings is 1. The van der Waals surface area contributed by atoms with E-state index in [1.807, 2.05) is 6.07 Å². The van der Waals surface area contributed by atoms with E-state index >= 15 is 0 Å². The van der Waals surface area contributed by atoms with Gasteiger partial charge in [-0.05, 0) is 37.6 Å². The second kappa shape index (κ2) is 5.66. The van der Waals surface area contributed by atoms with Crippen molar-refractivity contribution in [2.24, 2.45) is 0 Å². The molecule has 1 aromatic rings. The van der Waals surface area contributed by atoms with Gasteiger partial charge in [-0.2, -0.15) is 5.26 Å². The summed E-state index contributed by atoms with van der Waals surface area (Å²) in [7, 11) is 0. The number of rotatable bonds is 3. The maximum absolute atomic E-state index is 11.2. The first-order valence-corrected chi connectivity index (χ1v) is 5.09. The van der Waals surface area contributed by atoms with Gasteiger partial charge in [-0.3, -0.25) is 0 Å². The van der Waals surface area contributed by atoms with E-state index in [0.717, 1.165) is 5.56 Å². The Morgan fingerprint density at radius 2 is 1.94 bits per heavy atom. The van der Waals surface area contributed by atoms with Crippen molar-refractivity contribution < 1.29 is 9.53 Å². The Labute approximate surface area is 101 Å². The number of hydrogen-bond donors (Lipinski definition) is 0. The topological polar surface area (TPSA) is 50.1 Å². The summed E-state index contributed by atoms with van der Waals surface area (Å²) in [4.78, 5) is 11.2. The highest BCUT2D eigenvalue weighted by atomic mass is 16.5. The summed E-state index contributed by atoms with van der Waals surface area (Å²) in [5.41, 5.74) is 1.87. The summed E-state index contributed by atoms with van der Waals surface area (Å²) in [5, 5.41) is 8.63. The van der Waals surface area contributed by atoms with Gasteiger partial charge in [0.15, 0.2) is 0 Å². The van der Waals surface area contributed by atoms with Crippen LogP contribution in [0.25, 0.3) is 6.08 Å². The van der Waals surface area contributed by atoms with Crippen LogP contribution in [0, 0.1) is 11.3 Å². The molecule has 0 aliphatic rings. The summed E-state index contributed by atoms with van der Waals surface area (Å²) < 4.78 is 5.04. The van der Waals surface area contributed by atoms with Gasteiger partial charge in [-0.25, -0.2) is 4.79 Å². The molecule has 0 unspecified atom stereocenters. The minimum absolute atomic E-state index is 0.356. The number of carbonyl (C=O) groups excluding carboxylic acids is 1. The minimum atomic E-state index is -0.443. The molecule has 0 aliphatic heterocycles. The van der Waals surface area contributed by atoms with Gasteiger partial charge in [0, 0.05) is 11.1 Å². The van der Waals surface area contributed by atoms with Crippen molar-refractivity contribution in [3.63, 3.8) is 0 Å². The van der Waals surface area contributed by atoms with E-state index in [4.69, 9.17) is 10.00 Å². The van der Waals surface area contributed by atoms with Crippen molar-refractivity contribution in [1.82, 2.24) is 0 Å². The Kier molecular flexibility index (Phi) is 4.24. The summed E-state index contributed by atoms with van der Waals surface area (Å²) in [6, 6.07) is 8.95. The van der Waals surface area contributed by atoms with Gasteiger partial charge in [0.2, 0.25) is 0 Å². The predicted molar refractivity (Wildman–Crippen MR) is 66.2 cm³/mol. The van der Waals surface area contributed by atoms with Crippen molar-refractivity contribution in [1.29, 1.82) is 5.26 Å². The molecule has 0 atom stereocenters. The lowest BCUT2D eigenvalue weighted by molar-refractivity contribution is -0.130. The molecular weight excluding hydrogens is 214 g/mol. The molecule has 0 heterocycles. The van der Waals surface area contributed by atoms with Crippen LogP contribution in [0.4, 0.5) is 0 Å². The fraction of sp³-hybridized carbons (Fsp3) is 0.143. The molecule has 0 aromatic heterocycles. The van der Waals surface area contributed by atoms with Crippen LogP contribution in [0.1, 0.15) is 19.4 Å². The number of hydrogen-bond acceptors (Lipinski definition) is 3. The van der Waals surface area contributed by atoms with Crippen molar-refractivity contribution in [3.05, 3.63) is 47.6 Å². The van der Waals surface area contributed by atoms with E-state index in [0.29, 0.717) is 16.9 Å². The van der Waals surface area contributed by atoms with E-state index in [1.165, 1.54) is 0 Å². The first-order valence-electron chi connectivity index (χ1n) is 5.09. The number of nitriles is 1. The zero-order valence-electron chi connectivity index (χ0n) is 9.86. The molecular formula is C14H13NO2. The van der Waals surface area contributed by atoms with Crippen LogP contribution < -0.4 is 4.74 Å². The van der Waals surface area contributed by atoms with Crippen LogP contribution in [0.15, 0.2) is 42.0 Å². The van der Waals surface area contributed by atoms with Crippen molar-refractivity contribution in [3.8, 4) is 11.8 Å². The lowest BCUT2D eigenvalue weighted by Crippen LogP contribution is -2.07. The normalized spacial score (nSPS) is 10.5. The van der Waals surface area contributed by atoms with Crippen LogP contribution in [0.3, 0.4) is 0 Å². The van der Waals surface area contributed by atoms with Gasteiger partial charge in [0.1, 0.15) is 5.75 Å². The third kappa shape index (κ3) is 3.96. The molecule has 0 bridgehead atoms. The van der Waals surface area contributed by atoms with E-state index in [-0.39, 0.29) is 0 Å². The number of allylic oxidation sites excluding steroid dienone is 1. The second-order valence-corrected chi connectivity index (χ2v) is 3.68. The Bertz CT molecular complexity index is 504. The molecule has 3 heteroatoms. The zero-order chi connectivity index (χ0) is 12.8. The van der Waals surface area contributed by atoms with Crippen molar-refractivity contribution >= 4 is 12.0 Å². The zero-order valence-corrected chi connectivity index (χ0v) is 9.86. The van der Waals surface area contributed by atoms with E-state index in [9.17, 15) is 4.79 Å². The first-order chi connectivity index (χ1) is 8.02. The Hall–Kier alpha value is -2.34. The highest BCUT2D eigenvalue weighted by Gasteiger charge is 2.04. The first kappa shape index (κ1) is 12.7. The number of ether oxygens (including phenoxy) is 1. The van der Waals surface area contributed by atoms with Gasteiger partial charge < -0.3 is 4.74 Å². The van der Waals surface area contributed by atoms with Gasteiger partial charge in [-0.1, -0.05) is 18.7 Å². The predicted octanol–water partition coefficient (Wildman–Crippen LogP) is 3.09. The molecule has 0 radical (unpaired) electrons. The number of nitrogens with zero attached hydrogens (tertiary/aromatic N) is 1. The summed E-state index contributed by atoms with van der Waals surface area (Å²) in [5.74, 6) is 0.0197. The van der Waals surface area contributed by atoms with Crippen LogP contribution in [-0.4, -0.2) is 5.97 Å². The Morgan fingerprint density at radius 3 is 2.41 bits per heavy atom. The van der Waals surface area contributed by atoms with Gasteiger partial charge in [0.05, 0.1) is 6.07 Å². The maximum Gasteiger partial charge on any atom is 0.338 e. The molecule has 0 spiro atoms. The van der Waals surface area contributed by atoms with Crippen molar-refractivity contribution in [2.75, 3.05) is 0 Å². The van der Waals surface area contributed by atoms with Crippen LogP contribution in [0.5, 0.6) is 5.75 Å². The molecule has 0 saturated heterocycles. The molecule has 1 aromatic carbocycles. The molecule has 0 aliphatic carbocycles. The smallest absolute Gasteiger partial charge is 0.338 e. The number of carbonyl (C=O) groups is 1. The third-order valence-corrected chi connectivity index (χ3v) is 2.00. The van der Waals surface area contributed by atoms with Gasteiger partial charge in [-0.15, -0.1) is 0 Å². The monoisotopic (exact) mass is 227 g/mol. The quantitative estimate of drug-likeness (QED) is 0.345. The average Bonchev–Trinajstić information content (AvgIpc) is 2.31. The molecule has 86 valence electrons. The SMILES string of the molecule is C=C(C)C(=O)Oc1ccc(/C=C(/C)C#N)cc1. The lowest BCUT2D eigenvalue weighted by atomic mass is 10.1. The Morgan fingerprint density at radius 1 is 1.35 bits per heavy atom. The largest absolute Gasteiger partial charge is 0.423 e. The fourth-order valence-corrected chi connectivity index (χ4v) is 1.11. The molecule has 0 saturated carbocycles. The molecule has 0 N–H and O–H groups in total. The van der Waals surface area contributed by atoms with Gasteiger partial charge in [0.25, 0.3) is 0 Å². The van der Waals surface area contributed by atoms with Crippen molar-refractivity contribution in [2.45, 2.75) is 13.8 Å². The third-order valence-electron chi connectivity index (χ3n) is 2.00. The van der Waals surface area contributed by atoms with E-state index < -0.39 is 5.97 Å². The second-order valence-electron chi connectivity index (χ2n) is 3.68. The molecule has 1 rings (SSSR count). The van der Waals surface area contributed by atoms with E-state index in [1.54, 1.807) is 44.2 Å².